The molecule has 113 valence electrons. The van der Waals surface area contributed by atoms with Crippen molar-refractivity contribution in [1.29, 1.82) is 0 Å². The minimum atomic E-state index is 0.541. The lowest BCUT2D eigenvalue weighted by Gasteiger charge is -2.60. The molecule has 6 atom stereocenters. The van der Waals surface area contributed by atoms with Crippen LogP contribution in [0.1, 0.15) is 78.1 Å². The normalized spacial score (nSPS) is 56.0. The molecule has 4 aliphatic rings. The van der Waals surface area contributed by atoms with Crippen LogP contribution in [0.2, 0.25) is 0 Å². The quantitative estimate of drug-likeness (QED) is 0.634. The summed E-state index contributed by atoms with van der Waals surface area (Å²) in [5.41, 5.74) is 1.23. The van der Waals surface area contributed by atoms with Gasteiger partial charge < -0.3 is 5.11 Å². The van der Waals surface area contributed by atoms with Crippen molar-refractivity contribution in [2.75, 3.05) is 0 Å². The van der Waals surface area contributed by atoms with Crippen molar-refractivity contribution < 1.29 is 5.11 Å². The van der Waals surface area contributed by atoms with Crippen molar-refractivity contribution in [3.8, 4) is 0 Å². The minimum absolute atomic E-state index is 0.541. The van der Waals surface area contributed by atoms with E-state index >= 15 is 0 Å². The van der Waals surface area contributed by atoms with Gasteiger partial charge in [-0.25, -0.2) is 0 Å². The molecule has 0 aliphatic heterocycles. The molecule has 4 aliphatic carbocycles. The highest BCUT2D eigenvalue weighted by atomic mass is 16.3. The first kappa shape index (κ1) is 13.6. The highest BCUT2D eigenvalue weighted by Crippen LogP contribution is 2.66. The average molecular weight is 275 g/mol. The van der Waals surface area contributed by atoms with Crippen molar-refractivity contribution in [2.24, 2.45) is 34.5 Å². The van der Waals surface area contributed by atoms with Gasteiger partial charge in [-0.2, -0.15) is 0 Å². The van der Waals surface area contributed by atoms with Crippen LogP contribution in [0.3, 0.4) is 0 Å². The van der Waals surface area contributed by atoms with E-state index in [-0.39, 0.29) is 0 Å². The van der Waals surface area contributed by atoms with E-state index in [2.05, 4.69) is 13.8 Å². The molecule has 4 saturated carbocycles. The lowest BCUT2D eigenvalue weighted by atomic mass is 9.45. The molecule has 0 heterocycles. The van der Waals surface area contributed by atoms with E-state index in [1.807, 2.05) is 0 Å². The molecule has 1 heteroatoms. The Kier molecular flexibility index (Phi) is 3.05. The Morgan fingerprint density at radius 3 is 2.65 bits per heavy atom. The molecule has 1 radical (unpaired) electrons. The van der Waals surface area contributed by atoms with Crippen molar-refractivity contribution in [3.05, 3.63) is 6.10 Å². The first-order valence-electron chi connectivity index (χ1n) is 9.07. The van der Waals surface area contributed by atoms with Gasteiger partial charge in [-0.15, -0.1) is 0 Å². The van der Waals surface area contributed by atoms with Crippen molar-refractivity contribution in [1.82, 2.24) is 0 Å². The van der Waals surface area contributed by atoms with Crippen LogP contribution in [0.4, 0.5) is 0 Å². The molecule has 1 unspecified atom stereocenters. The van der Waals surface area contributed by atoms with Crippen LogP contribution in [0, 0.1) is 40.6 Å². The number of hydrogen-bond acceptors (Lipinski definition) is 1. The van der Waals surface area contributed by atoms with Crippen LogP contribution >= 0.6 is 0 Å². The van der Waals surface area contributed by atoms with Crippen molar-refractivity contribution >= 4 is 0 Å². The fourth-order valence-electron chi connectivity index (χ4n) is 7.05. The standard InChI is InChI=1S/C19H31O/c1-18-9-3-4-16(18)15-6-5-13-12-14(20)7-11-19(13,2)17(15)8-10-18/h13,15-17,20H,3-12H2,1-2H3/t13?,15-,16-,17-,18-,19-/m0/s1. The first-order chi connectivity index (χ1) is 9.53. The van der Waals surface area contributed by atoms with Gasteiger partial charge in [-0.05, 0) is 92.3 Å². The second kappa shape index (κ2) is 4.48. The zero-order valence-electron chi connectivity index (χ0n) is 13.3. The van der Waals surface area contributed by atoms with E-state index in [4.69, 9.17) is 0 Å². The number of aliphatic hydroxyl groups is 1. The zero-order chi connectivity index (χ0) is 14.0. The van der Waals surface area contributed by atoms with E-state index in [0.29, 0.717) is 10.8 Å². The predicted molar refractivity (Wildman–Crippen MR) is 81.5 cm³/mol. The van der Waals surface area contributed by atoms with Gasteiger partial charge in [0.25, 0.3) is 0 Å². The Morgan fingerprint density at radius 2 is 1.80 bits per heavy atom. The maximum atomic E-state index is 9.97. The van der Waals surface area contributed by atoms with Gasteiger partial charge in [0.1, 0.15) is 0 Å². The monoisotopic (exact) mass is 275 g/mol. The molecular weight excluding hydrogens is 244 g/mol. The van der Waals surface area contributed by atoms with Crippen LogP contribution in [0.15, 0.2) is 0 Å². The van der Waals surface area contributed by atoms with E-state index < -0.39 is 0 Å². The van der Waals surface area contributed by atoms with E-state index in [9.17, 15) is 5.11 Å². The summed E-state index contributed by atoms with van der Waals surface area (Å²) < 4.78 is 0. The fraction of sp³-hybridized carbons (Fsp3) is 0.947. The van der Waals surface area contributed by atoms with Gasteiger partial charge in [-0.3, -0.25) is 0 Å². The van der Waals surface area contributed by atoms with Crippen molar-refractivity contribution in [2.45, 2.75) is 78.1 Å². The second-order valence-corrected chi connectivity index (χ2v) is 9.01. The van der Waals surface area contributed by atoms with E-state index in [1.165, 1.54) is 51.4 Å². The molecule has 0 spiro atoms. The molecule has 0 saturated heterocycles. The maximum absolute atomic E-state index is 9.97. The molecule has 0 aromatic heterocycles. The molecule has 4 rings (SSSR count). The Balaban J connectivity index is 1.62. The largest absolute Gasteiger partial charge is 0.387 e. The molecule has 0 aromatic rings. The minimum Gasteiger partial charge on any atom is -0.387 e. The van der Waals surface area contributed by atoms with Gasteiger partial charge >= 0.3 is 0 Å². The molecule has 0 amide bonds. The zero-order valence-corrected chi connectivity index (χ0v) is 13.3. The summed E-state index contributed by atoms with van der Waals surface area (Å²) in [7, 11) is 0. The third kappa shape index (κ3) is 1.77. The number of fused-ring (bicyclic) bond motifs is 5. The van der Waals surface area contributed by atoms with Crippen LogP contribution in [0.5, 0.6) is 0 Å². The average Bonchev–Trinajstić information content (AvgIpc) is 2.81. The lowest BCUT2D eigenvalue weighted by Crippen LogP contribution is -2.52. The topological polar surface area (TPSA) is 20.2 Å². The van der Waals surface area contributed by atoms with Crippen LogP contribution in [-0.2, 0) is 0 Å². The molecule has 20 heavy (non-hydrogen) atoms. The lowest BCUT2D eigenvalue weighted by molar-refractivity contribution is -0.107. The molecule has 4 fully saturated rings. The van der Waals surface area contributed by atoms with Crippen LogP contribution < -0.4 is 0 Å². The maximum Gasteiger partial charge on any atom is 0.0936 e. The Hall–Kier alpha value is -0.0400. The predicted octanol–water partition coefficient (Wildman–Crippen LogP) is 5.32. The smallest absolute Gasteiger partial charge is 0.0936 e. The number of rotatable bonds is 0. The van der Waals surface area contributed by atoms with Gasteiger partial charge in [-0.1, -0.05) is 20.3 Å². The van der Waals surface area contributed by atoms with Gasteiger partial charge in [0.2, 0.25) is 0 Å². The summed E-state index contributed by atoms with van der Waals surface area (Å²) in [6.45, 7) is 5.17. The van der Waals surface area contributed by atoms with Crippen molar-refractivity contribution in [3.63, 3.8) is 0 Å². The Morgan fingerprint density at radius 1 is 0.950 bits per heavy atom. The SMILES string of the molecule is C[C@@]12CCC[C@H]1[C@@H]1CCC3C[C](O)CC[C@]3(C)[C@H]1CC2. The highest BCUT2D eigenvalue weighted by molar-refractivity contribution is 5.09. The molecular formula is C19H31O. The molecule has 1 N–H and O–H groups in total. The van der Waals surface area contributed by atoms with E-state index in [1.54, 1.807) is 0 Å². The summed E-state index contributed by atoms with van der Waals surface area (Å²) >= 11 is 0. The molecule has 0 bridgehead atoms. The summed E-state index contributed by atoms with van der Waals surface area (Å²) in [6, 6.07) is 0. The molecule has 0 aromatic carbocycles. The van der Waals surface area contributed by atoms with E-state index in [0.717, 1.165) is 42.6 Å². The summed E-state index contributed by atoms with van der Waals surface area (Å²) in [5, 5.41) is 9.97. The summed E-state index contributed by atoms with van der Waals surface area (Å²) in [6.07, 6.45) is 14.3. The third-order valence-electron chi connectivity index (χ3n) is 8.28. The second-order valence-electron chi connectivity index (χ2n) is 9.01. The molecule has 1 nitrogen and oxygen atoms in total. The number of aliphatic hydroxyl groups excluding tert-OH is 1. The Bertz CT molecular complexity index is 391. The Labute approximate surface area is 124 Å². The first-order valence-corrected chi connectivity index (χ1v) is 9.07. The third-order valence-corrected chi connectivity index (χ3v) is 8.28. The summed E-state index contributed by atoms with van der Waals surface area (Å²) in [4.78, 5) is 0. The number of hydrogen-bond donors (Lipinski definition) is 1. The van der Waals surface area contributed by atoms with Crippen LogP contribution in [0.25, 0.3) is 0 Å². The van der Waals surface area contributed by atoms with Gasteiger partial charge in [0, 0.05) is 0 Å². The van der Waals surface area contributed by atoms with Gasteiger partial charge in [0.15, 0.2) is 0 Å². The fourth-order valence-corrected chi connectivity index (χ4v) is 7.05. The van der Waals surface area contributed by atoms with Crippen LogP contribution in [-0.4, -0.2) is 5.11 Å². The van der Waals surface area contributed by atoms with Gasteiger partial charge in [0.05, 0.1) is 6.10 Å². The summed E-state index contributed by atoms with van der Waals surface area (Å²) in [5.74, 6) is 3.78. The highest BCUT2D eigenvalue weighted by Gasteiger charge is 2.57.